The maximum Gasteiger partial charge on any atom is 0.163 e. The molecule has 70 valence electrons. The number of carbonyl (C=O) groups is 1. The number of benzene rings is 1. The molecule has 0 fully saturated rings. The van der Waals surface area contributed by atoms with Crippen LogP contribution in [0.4, 0.5) is 0 Å². The molecule has 2 heteroatoms. The highest BCUT2D eigenvalue weighted by atomic mass is 16.1. The highest BCUT2D eigenvalue weighted by molar-refractivity contribution is 6.10. The second kappa shape index (κ2) is 2.47. The molecule has 1 aliphatic carbocycles. The minimum absolute atomic E-state index is 0.286. The van der Waals surface area contributed by atoms with E-state index in [-0.39, 0.29) is 5.78 Å². The molecule has 1 aromatic carbocycles. The van der Waals surface area contributed by atoms with Gasteiger partial charge < -0.3 is 4.57 Å². The number of nitrogens with zero attached hydrogens (tertiary/aromatic N) is 1. The first kappa shape index (κ1) is 7.80. The first-order valence-electron chi connectivity index (χ1n) is 4.87. The maximum atomic E-state index is 11.7. The van der Waals surface area contributed by atoms with Crippen LogP contribution in [-0.2, 0) is 13.5 Å². The normalized spacial score (nSPS) is 15.1. The molecule has 0 atom stereocenters. The minimum atomic E-state index is 0.286. The van der Waals surface area contributed by atoms with Crippen molar-refractivity contribution >= 4 is 16.7 Å². The summed E-state index contributed by atoms with van der Waals surface area (Å²) in [5, 5.41) is 1.17. The van der Waals surface area contributed by atoms with Crippen molar-refractivity contribution in [2.75, 3.05) is 0 Å². The molecule has 0 aliphatic heterocycles. The van der Waals surface area contributed by atoms with Crippen LogP contribution >= 0.6 is 0 Å². The van der Waals surface area contributed by atoms with E-state index in [0.29, 0.717) is 6.42 Å². The second-order valence-corrected chi connectivity index (χ2v) is 3.89. The monoisotopic (exact) mass is 185 g/mol. The molecular weight excluding hydrogens is 174 g/mol. The molecule has 0 saturated carbocycles. The van der Waals surface area contributed by atoms with Crippen LogP contribution in [0.5, 0.6) is 0 Å². The largest absolute Gasteiger partial charge is 0.350 e. The molecule has 0 saturated heterocycles. The number of Topliss-reactive ketones (excluding diaryl/α,β-unsaturated/α-hetero) is 1. The third kappa shape index (κ3) is 0.830. The average Bonchev–Trinajstić information content (AvgIpc) is 2.52. The maximum absolute atomic E-state index is 11.7. The van der Waals surface area contributed by atoms with Crippen molar-refractivity contribution in [3.05, 3.63) is 35.5 Å². The van der Waals surface area contributed by atoms with Crippen molar-refractivity contribution < 1.29 is 4.79 Å². The summed E-state index contributed by atoms with van der Waals surface area (Å²) in [5.41, 5.74) is 3.40. The van der Waals surface area contributed by atoms with E-state index < -0.39 is 0 Å². The summed E-state index contributed by atoms with van der Waals surface area (Å²) in [5.74, 6) is 0.286. The Hall–Kier alpha value is -1.57. The summed E-state index contributed by atoms with van der Waals surface area (Å²) in [6, 6.07) is 5.97. The van der Waals surface area contributed by atoms with Gasteiger partial charge in [0, 0.05) is 36.1 Å². The fourth-order valence-corrected chi connectivity index (χ4v) is 2.34. The molecule has 1 heterocycles. The van der Waals surface area contributed by atoms with E-state index in [2.05, 4.69) is 16.8 Å². The standard InChI is InChI=1S/C12H11NO/c1-13-7-8-5-6-11(14)9-3-2-4-10(13)12(8)9/h2-4,7H,5-6H2,1H3. The predicted octanol–water partition coefficient (Wildman–Crippen LogP) is 2.31. The topological polar surface area (TPSA) is 22.0 Å². The first-order chi connectivity index (χ1) is 6.77. The summed E-state index contributed by atoms with van der Waals surface area (Å²) in [7, 11) is 2.03. The highest BCUT2D eigenvalue weighted by Crippen LogP contribution is 2.30. The summed E-state index contributed by atoms with van der Waals surface area (Å²) in [6.45, 7) is 0. The average molecular weight is 185 g/mol. The van der Waals surface area contributed by atoms with Crippen molar-refractivity contribution in [2.45, 2.75) is 12.8 Å². The summed E-state index contributed by atoms with van der Waals surface area (Å²) >= 11 is 0. The lowest BCUT2D eigenvalue weighted by molar-refractivity contribution is 0.0982. The van der Waals surface area contributed by atoms with E-state index in [0.717, 1.165) is 12.0 Å². The van der Waals surface area contributed by atoms with E-state index in [4.69, 9.17) is 0 Å². The molecule has 0 spiro atoms. The van der Waals surface area contributed by atoms with Gasteiger partial charge in [-0.3, -0.25) is 4.79 Å². The lowest BCUT2D eigenvalue weighted by Crippen LogP contribution is -2.07. The number of hydrogen-bond acceptors (Lipinski definition) is 1. The van der Waals surface area contributed by atoms with Crippen molar-refractivity contribution in [1.29, 1.82) is 0 Å². The van der Waals surface area contributed by atoms with Crippen LogP contribution in [0, 0.1) is 0 Å². The van der Waals surface area contributed by atoms with Crippen molar-refractivity contribution in [3.8, 4) is 0 Å². The SMILES string of the molecule is Cn1cc2c3c(cccc31)C(=O)CC2. The Morgan fingerprint density at radius 2 is 2.14 bits per heavy atom. The zero-order chi connectivity index (χ0) is 9.71. The molecule has 0 unspecified atom stereocenters. The van der Waals surface area contributed by atoms with Gasteiger partial charge in [-0.15, -0.1) is 0 Å². The number of carbonyl (C=O) groups excluding carboxylic acids is 1. The molecule has 1 aliphatic rings. The van der Waals surface area contributed by atoms with E-state index >= 15 is 0 Å². The Balaban J connectivity index is 2.53. The van der Waals surface area contributed by atoms with Crippen LogP contribution in [0.1, 0.15) is 22.3 Å². The van der Waals surface area contributed by atoms with Crippen molar-refractivity contribution in [1.82, 2.24) is 4.57 Å². The second-order valence-electron chi connectivity index (χ2n) is 3.89. The third-order valence-electron chi connectivity index (χ3n) is 3.01. The van der Waals surface area contributed by atoms with Gasteiger partial charge >= 0.3 is 0 Å². The third-order valence-corrected chi connectivity index (χ3v) is 3.01. The van der Waals surface area contributed by atoms with Gasteiger partial charge in [0.25, 0.3) is 0 Å². The molecular formula is C12H11NO. The lowest BCUT2D eigenvalue weighted by atomic mass is 9.92. The molecule has 0 bridgehead atoms. The fraction of sp³-hybridized carbons (Fsp3) is 0.250. The van der Waals surface area contributed by atoms with Gasteiger partial charge in [0.05, 0.1) is 0 Å². The summed E-state index contributed by atoms with van der Waals surface area (Å²) in [6.07, 6.45) is 3.70. The van der Waals surface area contributed by atoms with E-state index in [9.17, 15) is 4.79 Å². The van der Waals surface area contributed by atoms with Gasteiger partial charge in [-0.05, 0) is 18.1 Å². The van der Waals surface area contributed by atoms with E-state index in [1.54, 1.807) is 0 Å². The molecule has 1 aromatic heterocycles. The van der Waals surface area contributed by atoms with Gasteiger partial charge in [0.2, 0.25) is 0 Å². The fourth-order valence-electron chi connectivity index (χ4n) is 2.34. The Kier molecular flexibility index (Phi) is 1.38. The van der Waals surface area contributed by atoms with Crippen LogP contribution in [0.25, 0.3) is 10.9 Å². The summed E-state index contributed by atoms with van der Waals surface area (Å²) in [4.78, 5) is 11.7. The zero-order valence-corrected chi connectivity index (χ0v) is 8.08. The Morgan fingerprint density at radius 1 is 1.29 bits per heavy atom. The van der Waals surface area contributed by atoms with E-state index in [1.165, 1.54) is 16.5 Å². The van der Waals surface area contributed by atoms with Gasteiger partial charge in [-0.25, -0.2) is 0 Å². The Labute approximate surface area is 82.1 Å². The quantitative estimate of drug-likeness (QED) is 0.617. The molecule has 0 N–H and O–H groups in total. The molecule has 14 heavy (non-hydrogen) atoms. The van der Waals surface area contributed by atoms with E-state index in [1.807, 2.05) is 19.2 Å². The zero-order valence-electron chi connectivity index (χ0n) is 8.08. The van der Waals surface area contributed by atoms with Crippen LogP contribution in [0.3, 0.4) is 0 Å². The van der Waals surface area contributed by atoms with Gasteiger partial charge in [-0.2, -0.15) is 0 Å². The van der Waals surface area contributed by atoms with Crippen molar-refractivity contribution in [2.24, 2.45) is 7.05 Å². The van der Waals surface area contributed by atoms with Crippen LogP contribution in [-0.4, -0.2) is 10.4 Å². The highest BCUT2D eigenvalue weighted by Gasteiger charge is 2.20. The lowest BCUT2D eigenvalue weighted by Gasteiger charge is -2.10. The number of rotatable bonds is 0. The van der Waals surface area contributed by atoms with Gasteiger partial charge in [-0.1, -0.05) is 12.1 Å². The molecule has 2 aromatic rings. The molecule has 0 radical (unpaired) electrons. The number of hydrogen-bond donors (Lipinski definition) is 0. The Bertz CT molecular complexity index is 536. The number of ketones is 1. The molecule has 0 amide bonds. The number of aromatic nitrogens is 1. The summed E-state index contributed by atoms with van der Waals surface area (Å²) < 4.78 is 2.10. The van der Waals surface area contributed by atoms with Crippen LogP contribution in [0.2, 0.25) is 0 Å². The smallest absolute Gasteiger partial charge is 0.163 e. The molecule has 3 rings (SSSR count). The van der Waals surface area contributed by atoms with Gasteiger partial charge in [0.15, 0.2) is 5.78 Å². The predicted molar refractivity (Wildman–Crippen MR) is 55.6 cm³/mol. The molecule has 2 nitrogen and oxygen atoms in total. The number of aryl methyl sites for hydroxylation is 2. The minimum Gasteiger partial charge on any atom is -0.350 e. The Morgan fingerprint density at radius 3 is 3.00 bits per heavy atom. The van der Waals surface area contributed by atoms with Crippen molar-refractivity contribution in [3.63, 3.8) is 0 Å². The van der Waals surface area contributed by atoms with Crippen LogP contribution < -0.4 is 0 Å². The van der Waals surface area contributed by atoms with Crippen LogP contribution in [0.15, 0.2) is 24.4 Å². The van der Waals surface area contributed by atoms with Gasteiger partial charge in [0.1, 0.15) is 0 Å². The first-order valence-corrected chi connectivity index (χ1v) is 4.87.